The summed E-state index contributed by atoms with van der Waals surface area (Å²) in [5.41, 5.74) is -0.739. The van der Waals surface area contributed by atoms with Crippen LogP contribution in [0.2, 0.25) is 0 Å². The number of alkyl halides is 3. The minimum atomic E-state index is -4.38. The second kappa shape index (κ2) is 8.54. The van der Waals surface area contributed by atoms with E-state index in [2.05, 4.69) is 0 Å². The van der Waals surface area contributed by atoms with Gasteiger partial charge in [0.05, 0.1) is 5.56 Å². The predicted molar refractivity (Wildman–Crippen MR) is 92.2 cm³/mol. The van der Waals surface area contributed by atoms with Gasteiger partial charge in [0.25, 0.3) is 0 Å². The van der Waals surface area contributed by atoms with Gasteiger partial charge in [0.15, 0.2) is 12.7 Å². The average Bonchev–Trinajstić information content (AvgIpc) is 2.61. The van der Waals surface area contributed by atoms with Crippen LogP contribution in [-0.4, -0.2) is 17.8 Å². The smallest absolute Gasteiger partial charge is 0.416 e. The highest BCUT2D eigenvalue weighted by atomic mass is 32.1. The minimum Gasteiger partial charge on any atom is -0.482 e. The van der Waals surface area contributed by atoms with Crippen molar-refractivity contribution in [3.05, 3.63) is 54.1 Å². The predicted octanol–water partition coefficient (Wildman–Crippen LogP) is 5.13. The lowest BCUT2D eigenvalue weighted by Gasteiger charge is -2.15. The molecule has 0 aliphatic rings. The zero-order chi connectivity index (χ0) is 19.2. The molecule has 8 heteroatoms. The van der Waals surface area contributed by atoms with Crippen LogP contribution in [0, 0.1) is 11.3 Å². The molecule has 0 fully saturated rings. The van der Waals surface area contributed by atoms with Crippen molar-refractivity contribution >= 4 is 17.3 Å². The van der Waals surface area contributed by atoms with Crippen molar-refractivity contribution in [2.24, 2.45) is 0 Å². The Hall–Kier alpha value is -2.79. The molecular weight excluding hydrogens is 367 g/mol. The Morgan fingerprint density at radius 3 is 2.04 bits per heavy atom. The fourth-order valence-electron chi connectivity index (χ4n) is 1.91. The SMILES string of the molecule is CC(Oc1ccc(Oc2ccc(C(F)(F)F)cc2)cc1)C(=S)OCC#N. The van der Waals surface area contributed by atoms with Crippen LogP contribution in [0.3, 0.4) is 0 Å². The number of halogens is 3. The van der Waals surface area contributed by atoms with Crippen LogP contribution in [0.25, 0.3) is 0 Å². The third-order valence-corrected chi connectivity index (χ3v) is 3.61. The fraction of sp³-hybridized carbons (Fsp3) is 0.222. The first-order valence-corrected chi connectivity index (χ1v) is 7.86. The molecule has 26 heavy (non-hydrogen) atoms. The van der Waals surface area contributed by atoms with E-state index in [0.717, 1.165) is 12.1 Å². The molecule has 0 aromatic heterocycles. The highest BCUT2D eigenvalue weighted by molar-refractivity contribution is 7.80. The van der Waals surface area contributed by atoms with E-state index >= 15 is 0 Å². The lowest BCUT2D eigenvalue weighted by Crippen LogP contribution is -2.24. The molecule has 2 aromatic carbocycles. The highest BCUT2D eigenvalue weighted by Crippen LogP contribution is 2.31. The van der Waals surface area contributed by atoms with Gasteiger partial charge >= 0.3 is 6.18 Å². The van der Waals surface area contributed by atoms with Crippen LogP contribution >= 0.6 is 12.2 Å². The van der Waals surface area contributed by atoms with Crippen LogP contribution in [0.5, 0.6) is 17.2 Å². The monoisotopic (exact) mass is 381 g/mol. The van der Waals surface area contributed by atoms with Crippen molar-refractivity contribution in [3.8, 4) is 23.3 Å². The van der Waals surface area contributed by atoms with E-state index in [1.807, 2.05) is 6.07 Å². The molecule has 1 unspecified atom stereocenters. The molecule has 0 radical (unpaired) electrons. The Bertz CT molecular complexity index is 783. The zero-order valence-electron chi connectivity index (χ0n) is 13.6. The molecule has 0 heterocycles. The van der Waals surface area contributed by atoms with Crippen molar-refractivity contribution in [2.75, 3.05) is 6.61 Å². The van der Waals surface area contributed by atoms with E-state index in [0.29, 0.717) is 11.5 Å². The molecular formula is C18H14F3NO3S. The summed E-state index contributed by atoms with van der Waals surface area (Å²) in [6, 6.07) is 12.7. The first-order chi connectivity index (χ1) is 12.3. The van der Waals surface area contributed by atoms with E-state index in [1.165, 1.54) is 12.1 Å². The van der Waals surface area contributed by atoms with Gasteiger partial charge in [-0.15, -0.1) is 0 Å². The maximum absolute atomic E-state index is 12.5. The normalized spacial score (nSPS) is 12.0. The lowest BCUT2D eigenvalue weighted by atomic mass is 10.2. The van der Waals surface area contributed by atoms with Crippen LogP contribution in [-0.2, 0) is 10.9 Å². The molecule has 0 N–H and O–H groups in total. The van der Waals surface area contributed by atoms with E-state index in [4.69, 9.17) is 31.7 Å². The number of benzene rings is 2. The van der Waals surface area contributed by atoms with Gasteiger partial charge in [0.1, 0.15) is 23.3 Å². The van der Waals surface area contributed by atoms with E-state index in [-0.39, 0.29) is 17.4 Å². The molecule has 0 aliphatic carbocycles. The standard InChI is InChI=1S/C18H14F3NO3S/c1-12(17(26)23-11-10-22)24-14-6-8-16(9-7-14)25-15-4-2-13(3-5-15)18(19,20)21/h2-9,12H,11H2,1H3. The van der Waals surface area contributed by atoms with E-state index < -0.39 is 17.8 Å². The third-order valence-electron chi connectivity index (χ3n) is 3.16. The number of ether oxygens (including phenoxy) is 3. The first kappa shape index (κ1) is 19.5. The fourth-order valence-corrected chi connectivity index (χ4v) is 2.01. The molecule has 1 atom stereocenters. The van der Waals surface area contributed by atoms with Gasteiger partial charge < -0.3 is 14.2 Å². The quantitative estimate of drug-likeness (QED) is 0.649. The largest absolute Gasteiger partial charge is 0.482 e. The topological polar surface area (TPSA) is 51.5 Å². The Morgan fingerprint density at radius 2 is 1.54 bits per heavy atom. The number of hydrogen-bond acceptors (Lipinski definition) is 5. The lowest BCUT2D eigenvalue weighted by molar-refractivity contribution is -0.137. The summed E-state index contributed by atoms with van der Waals surface area (Å²) in [5.74, 6) is 1.22. The number of hydrogen-bond donors (Lipinski definition) is 0. The van der Waals surface area contributed by atoms with E-state index in [1.54, 1.807) is 31.2 Å². The second-order valence-electron chi connectivity index (χ2n) is 5.12. The Kier molecular flexibility index (Phi) is 6.41. The van der Waals surface area contributed by atoms with Crippen molar-refractivity contribution in [3.63, 3.8) is 0 Å². The van der Waals surface area contributed by atoms with Crippen molar-refractivity contribution < 1.29 is 27.4 Å². The van der Waals surface area contributed by atoms with Gasteiger partial charge in [-0.05, 0) is 67.7 Å². The van der Waals surface area contributed by atoms with Gasteiger partial charge in [-0.25, -0.2) is 0 Å². The average molecular weight is 381 g/mol. The summed E-state index contributed by atoms with van der Waals surface area (Å²) in [6.45, 7) is 1.54. The number of nitriles is 1. The van der Waals surface area contributed by atoms with Crippen LogP contribution in [0.4, 0.5) is 13.2 Å². The number of nitrogens with zero attached hydrogens (tertiary/aromatic N) is 1. The van der Waals surface area contributed by atoms with Gasteiger partial charge in [0, 0.05) is 0 Å². The van der Waals surface area contributed by atoms with Gasteiger partial charge in [0.2, 0.25) is 5.05 Å². The number of thiocarbonyl (C=S) groups is 1. The maximum atomic E-state index is 12.5. The van der Waals surface area contributed by atoms with Crippen LogP contribution in [0.15, 0.2) is 48.5 Å². The molecule has 0 saturated heterocycles. The van der Waals surface area contributed by atoms with Crippen LogP contribution < -0.4 is 9.47 Å². The first-order valence-electron chi connectivity index (χ1n) is 7.45. The molecule has 2 rings (SSSR count). The maximum Gasteiger partial charge on any atom is 0.416 e. The molecule has 0 amide bonds. The molecule has 0 spiro atoms. The third kappa shape index (κ3) is 5.63. The summed E-state index contributed by atoms with van der Waals surface area (Å²) in [6.07, 6.45) is -4.91. The van der Waals surface area contributed by atoms with Crippen molar-refractivity contribution in [2.45, 2.75) is 19.2 Å². The number of rotatable bonds is 6. The summed E-state index contributed by atoms with van der Waals surface area (Å²) < 4.78 is 53.7. The summed E-state index contributed by atoms with van der Waals surface area (Å²) in [4.78, 5) is 0. The Balaban J connectivity index is 1.95. The van der Waals surface area contributed by atoms with Crippen molar-refractivity contribution in [1.82, 2.24) is 0 Å². The molecule has 0 saturated carbocycles. The molecule has 136 valence electrons. The zero-order valence-corrected chi connectivity index (χ0v) is 14.4. The van der Waals surface area contributed by atoms with E-state index in [9.17, 15) is 13.2 Å². The van der Waals surface area contributed by atoms with Gasteiger partial charge in [-0.3, -0.25) is 0 Å². The summed E-state index contributed by atoms with van der Waals surface area (Å²) >= 11 is 4.99. The van der Waals surface area contributed by atoms with Crippen molar-refractivity contribution in [1.29, 1.82) is 5.26 Å². The molecule has 2 aromatic rings. The minimum absolute atomic E-state index is 0.146. The van der Waals surface area contributed by atoms with Gasteiger partial charge in [-0.1, -0.05) is 0 Å². The molecule has 0 aliphatic heterocycles. The Morgan fingerprint density at radius 1 is 1.04 bits per heavy atom. The van der Waals surface area contributed by atoms with Gasteiger partial charge in [-0.2, -0.15) is 18.4 Å². The molecule has 4 nitrogen and oxygen atoms in total. The highest BCUT2D eigenvalue weighted by Gasteiger charge is 2.30. The summed E-state index contributed by atoms with van der Waals surface area (Å²) in [7, 11) is 0. The second-order valence-corrected chi connectivity index (χ2v) is 5.52. The van der Waals surface area contributed by atoms with Crippen LogP contribution in [0.1, 0.15) is 12.5 Å². The molecule has 0 bridgehead atoms. The summed E-state index contributed by atoms with van der Waals surface area (Å²) in [5, 5.41) is 8.61. The Labute approximate surface area is 153 Å².